The third kappa shape index (κ3) is 3.85. The maximum absolute atomic E-state index is 5.00. The molecule has 1 aliphatic heterocycles. The molecule has 3 aromatic carbocycles. The van der Waals surface area contributed by atoms with E-state index < -0.39 is 0 Å². The molecule has 1 fully saturated rings. The molecule has 0 amide bonds. The molecule has 1 saturated heterocycles. The summed E-state index contributed by atoms with van der Waals surface area (Å²) >= 11 is 3.59. The molecule has 5 rings (SSSR count). The standard InChI is InChI=1S/C25H25N3S2/c1-29-21-13-8-14-22-23(21)26-25(30-22)28-17-15-27(16-18-28)24(19-9-4-2-5-10-19)20-11-6-3-7-12-20/h2-14,24H,15-18H2,1H3. The fourth-order valence-electron chi connectivity index (χ4n) is 4.27. The van der Waals surface area contributed by atoms with Gasteiger partial charge in [0.1, 0.15) is 0 Å². The third-order valence-electron chi connectivity index (χ3n) is 5.77. The largest absolute Gasteiger partial charge is 0.345 e. The molecular weight excluding hydrogens is 406 g/mol. The Bertz CT molecular complexity index is 1060. The Hall–Kier alpha value is -2.34. The van der Waals surface area contributed by atoms with Crippen LogP contribution in [0, 0.1) is 0 Å². The van der Waals surface area contributed by atoms with Gasteiger partial charge in [-0.1, -0.05) is 78.1 Å². The topological polar surface area (TPSA) is 19.4 Å². The zero-order chi connectivity index (χ0) is 20.3. The maximum Gasteiger partial charge on any atom is 0.186 e. The lowest BCUT2D eigenvalue weighted by Gasteiger charge is -2.39. The molecule has 1 aliphatic rings. The lowest BCUT2D eigenvalue weighted by Crippen LogP contribution is -2.47. The fourth-order valence-corrected chi connectivity index (χ4v) is 5.94. The highest BCUT2D eigenvalue weighted by Gasteiger charge is 2.27. The smallest absolute Gasteiger partial charge is 0.186 e. The van der Waals surface area contributed by atoms with Gasteiger partial charge in [-0.25, -0.2) is 4.98 Å². The number of benzene rings is 3. The van der Waals surface area contributed by atoms with E-state index in [1.54, 1.807) is 11.8 Å². The summed E-state index contributed by atoms with van der Waals surface area (Å²) in [5, 5.41) is 1.15. The van der Waals surface area contributed by atoms with E-state index in [1.165, 1.54) is 20.7 Å². The van der Waals surface area contributed by atoms with E-state index in [0.29, 0.717) is 6.04 Å². The van der Waals surface area contributed by atoms with Crippen LogP contribution in [-0.4, -0.2) is 42.3 Å². The first-order chi connectivity index (χ1) is 14.8. The Morgan fingerprint density at radius 2 is 1.43 bits per heavy atom. The van der Waals surface area contributed by atoms with Gasteiger partial charge < -0.3 is 4.90 Å². The average Bonchev–Trinajstić information content (AvgIpc) is 3.26. The Morgan fingerprint density at radius 3 is 2.03 bits per heavy atom. The van der Waals surface area contributed by atoms with Crippen LogP contribution in [0.2, 0.25) is 0 Å². The van der Waals surface area contributed by atoms with Crippen molar-refractivity contribution in [2.45, 2.75) is 10.9 Å². The molecule has 0 N–H and O–H groups in total. The Morgan fingerprint density at radius 1 is 0.800 bits per heavy atom. The van der Waals surface area contributed by atoms with Gasteiger partial charge in [-0.15, -0.1) is 11.8 Å². The van der Waals surface area contributed by atoms with E-state index in [0.717, 1.165) is 36.8 Å². The predicted molar refractivity (Wildman–Crippen MR) is 130 cm³/mol. The van der Waals surface area contributed by atoms with Gasteiger partial charge in [0.05, 0.1) is 16.3 Å². The number of thioether (sulfide) groups is 1. The number of piperazine rings is 1. The van der Waals surface area contributed by atoms with Crippen molar-refractivity contribution in [2.24, 2.45) is 0 Å². The van der Waals surface area contributed by atoms with Crippen molar-refractivity contribution in [1.82, 2.24) is 9.88 Å². The predicted octanol–water partition coefficient (Wildman–Crippen LogP) is 5.93. The number of hydrogen-bond acceptors (Lipinski definition) is 5. The number of aromatic nitrogens is 1. The molecule has 0 spiro atoms. The maximum atomic E-state index is 5.00. The lowest BCUT2D eigenvalue weighted by molar-refractivity contribution is 0.212. The number of hydrogen-bond donors (Lipinski definition) is 0. The van der Waals surface area contributed by atoms with Gasteiger partial charge in [-0.2, -0.15) is 0 Å². The van der Waals surface area contributed by atoms with Crippen LogP contribution >= 0.6 is 23.1 Å². The third-order valence-corrected chi connectivity index (χ3v) is 7.62. The van der Waals surface area contributed by atoms with E-state index in [4.69, 9.17) is 4.98 Å². The zero-order valence-electron chi connectivity index (χ0n) is 17.1. The van der Waals surface area contributed by atoms with Crippen molar-refractivity contribution < 1.29 is 0 Å². The summed E-state index contributed by atoms with van der Waals surface area (Å²) in [4.78, 5) is 11.3. The molecule has 4 aromatic rings. The van der Waals surface area contributed by atoms with Crippen LogP contribution in [-0.2, 0) is 0 Å². The highest BCUT2D eigenvalue weighted by molar-refractivity contribution is 7.98. The lowest BCUT2D eigenvalue weighted by atomic mass is 9.96. The van der Waals surface area contributed by atoms with Crippen LogP contribution in [0.25, 0.3) is 10.2 Å². The van der Waals surface area contributed by atoms with Gasteiger partial charge in [0.15, 0.2) is 5.13 Å². The summed E-state index contributed by atoms with van der Waals surface area (Å²) in [5.74, 6) is 0. The molecule has 0 saturated carbocycles. The van der Waals surface area contributed by atoms with Crippen LogP contribution < -0.4 is 4.90 Å². The van der Waals surface area contributed by atoms with Crippen molar-refractivity contribution in [3.63, 3.8) is 0 Å². The van der Waals surface area contributed by atoms with Gasteiger partial charge in [-0.3, -0.25) is 4.90 Å². The monoisotopic (exact) mass is 431 g/mol. The molecule has 152 valence electrons. The minimum Gasteiger partial charge on any atom is -0.345 e. The first-order valence-corrected chi connectivity index (χ1v) is 12.4. The minimum atomic E-state index is 0.299. The number of fused-ring (bicyclic) bond motifs is 1. The second-order valence-electron chi connectivity index (χ2n) is 7.55. The first kappa shape index (κ1) is 19.6. The molecule has 1 aromatic heterocycles. The van der Waals surface area contributed by atoms with Crippen LogP contribution in [0.1, 0.15) is 17.2 Å². The fraction of sp³-hybridized carbons (Fsp3) is 0.240. The summed E-state index contributed by atoms with van der Waals surface area (Å²) in [7, 11) is 0. The van der Waals surface area contributed by atoms with Crippen LogP contribution in [0.15, 0.2) is 83.8 Å². The van der Waals surface area contributed by atoms with Crippen LogP contribution in [0.3, 0.4) is 0 Å². The summed E-state index contributed by atoms with van der Waals surface area (Å²) < 4.78 is 1.28. The Labute approximate surface area is 186 Å². The van der Waals surface area contributed by atoms with Crippen LogP contribution in [0.5, 0.6) is 0 Å². The van der Waals surface area contributed by atoms with E-state index >= 15 is 0 Å². The number of thiazole rings is 1. The molecule has 0 radical (unpaired) electrons. The van der Waals surface area contributed by atoms with E-state index in [2.05, 4.69) is 94.9 Å². The van der Waals surface area contributed by atoms with Crippen molar-refractivity contribution in [3.05, 3.63) is 90.0 Å². The van der Waals surface area contributed by atoms with Crippen molar-refractivity contribution in [3.8, 4) is 0 Å². The second kappa shape index (κ2) is 8.80. The molecule has 2 heterocycles. The summed E-state index contributed by atoms with van der Waals surface area (Å²) in [5.41, 5.74) is 3.88. The molecule has 30 heavy (non-hydrogen) atoms. The van der Waals surface area contributed by atoms with Gasteiger partial charge in [0.25, 0.3) is 0 Å². The molecule has 0 bridgehead atoms. The SMILES string of the molecule is CSc1cccc2sc(N3CCN(C(c4ccccc4)c4ccccc4)CC3)nc12. The van der Waals surface area contributed by atoms with Gasteiger partial charge in [0, 0.05) is 31.1 Å². The molecule has 0 atom stereocenters. The van der Waals surface area contributed by atoms with Crippen molar-refractivity contribution in [2.75, 3.05) is 37.3 Å². The van der Waals surface area contributed by atoms with E-state index in [-0.39, 0.29) is 0 Å². The summed E-state index contributed by atoms with van der Waals surface area (Å²) in [6.07, 6.45) is 2.12. The zero-order valence-corrected chi connectivity index (χ0v) is 18.7. The summed E-state index contributed by atoms with van der Waals surface area (Å²) in [6, 6.07) is 28.6. The van der Waals surface area contributed by atoms with Gasteiger partial charge in [-0.05, 0) is 29.5 Å². The molecule has 3 nitrogen and oxygen atoms in total. The highest BCUT2D eigenvalue weighted by atomic mass is 32.2. The van der Waals surface area contributed by atoms with Gasteiger partial charge >= 0.3 is 0 Å². The minimum absolute atomic E-state index is 0.299. The van der Waals surface area contributed by atoms with Gasteiger partial charge in [0.2, 0.25) is 0 Å². The number of anilines is 1. The normalized spacial score (nSPS) is 15.2. The number of nitrogens with zero attached hydrogens (tertiary/aromatic N) is 3. The van der Waals surface area contributed by atoms with Crippen molar-refractivity contribution in [1.29, 1.82) is 0 Å². The molecular formula is C25H25N3S2. The molecule has 5 heteroatoms. The number of rotatable bonds is 5. The van der Waals surface area contributed by atoms with Crippen LogP contribution in [0.4, 0.5) is 5.13 Å². The van der Waals surface area contributed by atoms with Crippen molar-refractivity contribution >= 4 is 38.4 Å². The Balaban J connectivity index is 1.38. The molecule has 0 unspecified atom stereocenters. The van der Waals surface area contributed by atoms with E-state index in [9.17, 15) is 0 Å². The quantitative estimate of drug-likeness (QED) is 0.365. The molecule has 0 aliphatic carbocycles. The summed E-state index contributed by atoms with van der Waals surface area (Å²) in [6.45, 7) is 4.06. The second-order valence-corrected chi connectivity index (χ2v) is 9.41. The Kier molecular flexibility index (Phi) is 5.75. The number of para-hydroxylation sites is 1. The average molecular weight is 432 g/mol. The highest BCUT2D eigenvalue weighted by Crippen LogP contribution is 2.35. The first-order valence-electron chi connectivity index (χ1n) is 10.4. The van der Waals surface area contributed by atoms with E-state index in [1.807, 2.05) is 11.3 Å².